The minimum absolute atomic E-state index is 0.00731. The Labute approximate surface area is 184 Å². The summed E-state index contributed by atoms with van der Waals surface area (Å²) in [6.07, 6.45) is 0. The van der Waals surface area contributed by atoms with Crippen LogP contribution < -0.4 is 4.90 Å². The van der Waals surface area contributed by atoms with Crippen molar-refractivity contribution in [2.75, 3.05) is 18.0 Å². The number of hydrogen-bond donors (Lipinski definition) is 0. The molecule has 0 spiro atoms. The Bertz CT molecular complexity index is 1180. The zero-order chi connectivity index (χ0) is 21.4. The zero-order valence-corrected chi connectivity index (χ0v) is 18.6. The number of nitrogens with zero attached hydrogens (tertiary/aromatic N) is 2. The van der Waals surface area contributed by atoms with Gasteiger partial charge in [-0.2, -0.15) is 0 Å². The van der Waals surface area contributed by atoms with Gasteiger partial charge < -0.3 is 0 Å². The summed E-state index contributed by atoms with van der Waals surface area (Å²) in [5.41, 5.74) is 5.26. The Balaban J connectivity index is 1.77. The van der Waals surface area contributed by atoms with Crippen molar-refractivity contribution in [3.63, 3.8) is 0 Å². The molecule has 4 nitrogen and oxygen atoms in total. The number of hydrogen-bond acceptors (Lipinski definition) is 4. The van der Waals surface area contributed by atoms with E-state index >= 15 is 0 Å². The second-order valence-electron chi connectivity index (χ2n) is 7.41. The summed E-state index contributed by atoms with van der Waals surface area (Å²) in [6, 6.07) is 14.9. The molecule has 0 unspecified atom stereocenters. The summed E-state index contributed by atoms with van der Waals surface area (Å²) in [6.45, 7) is 6.01. The highest BCUT2D eigenvalue weighted by Crippen LogP contribution is 2.39. The number of anilines is 1. The van der Waals surface area contributed by atoms with Crippen LogP contribution >= 0.6 is 22.9 Å². The molecule has 1 amide bonds. The van der Waals surface area contributed by atoms with Gasteiger partial charge in [-0.25, -0.2) is 0 Å². The third-order valence-electron chi connectivity index (χ3n) is 5.30. The van der Waals surface area contributed by atoms with Crippen LogP contribution in [0.3, 0.4) is 0 Å². The fourth-order valence-electron chi connectivity index (χ4n) is 3.51. The van der Waals surface area contributed by atoms with E-state index in [9.17, 15) is 9.59 Å². The number of halogens is 1. The average molecular weight is 437 g/mol. The van der Waals surface area contributed by atoms with Gasteiger partial charge in [0.25, 0.3) is 0 Å². The molecule has 152 valence electrons. The van der Waals surface area contributed by atoms with E-state index in [1.807, 2.05) is 57.2 Å². The predicted molar refractivity (Wildman–Crippen MR) is 124 cm³/mol. The number of thiophene rings is 1. The van der Waals surface area contributed by atoms with E-state index in [-0.39, 0.29) is 24.8 Å². The first-order chi connectivity index (χ1) is 14.3. The van der Waals surface area contributed by atoms with Crippen molar-refractivity contribution < 1.29 is 9.59 Å². The second kappa shape index (κ2) is 8.17. The monoisotopic (exact) mass is 436 g/mol. The molecular formula is C24H21ClN2O2S. The number of amides is 1. The van der Waals surface area contributed by atoms with Crippen molar-refractivity contribution in [1.82, 2.24) is 0 Å². The highest BCUT2D eigenvalue weighted by Gasteiger charge is 2.31. The van der Waals surface area contributed by atoms with Crippen molar-refractivity contribution in [3.05, 3.63) is 86.2 Å². The third kappa shape index (κ3) is 3.83. The number of ketones is 1. The lowest BCUT2D eigenvalue weighted by Crippen LogP contribution is -2.36. The van der Waals surface area contributed by atoms with Gasteiger partial charge in [0.05, 0.1) is 12.3 Å². The number of rotatable bonds is 4. The van der Waals surface area contributed by atoms with Crippen LogP contribution in [0.1, 0.15) is 37.5 Å². The molecule has 0 N–H and O–H groups in total. The lowest BCUT2D eigenvalue weighted by molar-refractivity contribution is -0.117. The lowest BCUT2D eigenvalue weighted by atomic mass is 10.00. The number of aliphatic imine (C=N–C) groups is 1. The smallest absolute Gasteiger partial charge is 0.249 e. The Morgan fingerprint density at radius 3 is 2.57 bits per heavy atom. The van der Waals surface area contributed by atoms with Gasteiger partial charge in [0.15, 0.2) is 5.78 Å². The molecular weight excluding hydrogens is 416 g/mol. The molecule has 4 rings (SSSR count). The Morgan fingerprint density at radius 1 is 1.13 bits per heavy atom. The zero-order valence-electron chi connectivity index (χ0n) is 17.0. The summed E-state index contributed by atoms with van der Waals surface area (Å²) < 4.78 is 0. The van der Waals surface area contributed by atoms with Crippen molar-refractivity contribution in [3.8, 4) is 0 Å². The molecule has 0 saturated carbocycles. The predicted octanol–water partition coefficient (Wildman–Crippen LogP) is 5.39. The van der Waals surface area contributed by atoms with Crippen LogP contribution in [-0.2, 0) is 4.79 Å². The molecule has 0 aliphatic carbocycles. The van der Waals surface area contributed by atoms with E-state index in [0.29, 0.717) is 10.6 Å². The first kappa shape index (κ1) is 20.5. The molecule has 0 atom stereocenters. The fourth-order valence-corrected chi connectivity index (χ4v) is 4.87. The highest BCUT2D eigenvalue weighted by molar-refractivity contribution is 7.17. The molecule has 2 heterocycles. The lowest BCUT2D eigenvalue weighted by Gasteiger charge is -2.20. The molecule has 2 aromatic carbocycles. The maximum Gasteiger partial charge on any atom is 0.249 e. The van der Waals surface area contributed by atoms with Gasteiger partial charge in [0, 0.05) is 26.6 Å². The van der Waals surface area contributed by atoms with Crippen molar-refractivity contribution in [2.45, 2.75) is 20.8 Å². The third-order valence-corrected chi connectivity index (χ3v) is 6.76. The maximum absolute atomic E-state index is 13.0. The molecule has 3 aromatic rings. The van der Waals surface area contributed by atoms with Gasteiger partial charge in [-0.15, -0.1) is 11.3 Å². The van der Waals surface area contributed by atoms with Crippen LogP contribution in [0.4, 0.5) is 5.00 Å². The quantitative estimate of drug-likeness (QED) is 0.514. The van der Waals surface area contributed by atoms with Gasteiger partial charge >= 0.3 is 0 Å². The van der Waals surface area contributed by atoms with Crippen LogP contribution in [0.2, 0.25) is 5.02 Å². The highest BCUT2D eigenvalue weighted by atomic mass is 35.5. The molecule has 0 radical (unpaired) electrons. The maximum atomic E-state index is 13.0. The standard InChI is InChI=1S/C24H21ClN2O2S/c1-14-7-9-17(10-8-14)20(28)13-27-21(29)12-26-23(18-5-4-6-19(25)11-18)22-15(2)16(3)30-24(22)27/h4-11H,12-13H2,1-3H3. The number of carbonyl (C=O) groups excluding carboxylic acids is 2. The van der Waals surface area contributed by atoms with Crippen molar-refractivity contribution >= 4 is 45.3 Å². The van der Waals surface area contributed by atoms with Gasteiger partial charge in [-0.1, -0.05) is 53.6 Å². The molecule has 30 heavy (non-hydrogen) atoms. The summed E-state index contributed by atoms with van der Waals surface area (Å²) in [7, 11) is 0. The van der Waals surface area contributed by atoms with Crippen LogP contribution in [0, 0.1) is 20.8 Å². The number of benzene rings is 2. The molecule has 6 heteroatoms. The van der Waals surface area contributed by atoms with Gasteiger partial charge in [0.2, 0.25) is 5.91 Å². The average Bonchev–Trinajstić information content (AvgIpc) is 2.93. The van der Waals surface area contributed by atoms with Gasteiger partial charge in [-0.3, -0.25) is 19.5 Å². The summed E-state index contributed by atoms with van der Waals surface area (Å²) in [5, 5.41) is 1.38. The minimum atomic E-state index is -0.185. The summed E-state index contributed by atoms with van der Waals surface area (Å²) in [4.78, 5) is 33.3. The molecule has 0 saturated heterocycles. The first-order valence-corrected chi connectivity index (χ1v) is 10.9. The van der Waals surface area contributed by atoms with E-state index in [0.717, 1.165) is 37.8 Å². The topological polar surface area (TPSA) is 49.7 Å². The SMILES string of the molecule is Cc1ccc(C(=O)CN2C(=O)CN=C(c3cccc(Cl)c3)c3c2sc(C)c3C)cc1. The van der Waals surface area contributed by atoms with Crippen molar-refractivity contribution in [1.29, 1.82) is 0 Å². The number of aryl methyl sites for hydroxylation is 2. The van der Waals surface area contributed by atoms with E-state index in [1.165, 1.54) is 11.3 Å². The van der Waals surface area contributed by atoms with Crippen LogP contribution in [0.25, 0.3) is 0 Å². The first-order valence-electron chi connectivity index (χ1n) is 9.66. The van der Waals surface area contributed by atoms with E-state index in [1.54, 1.807) is 17.0 Å². The Hall–Kier alpha value is -2.76. The summed E-state index contributed by atoms with van der Waals surface area (Å²) >= 11 is 7.73. The summed E-state index contributed by atoms with van der Waals surface area (Å²) in [5.74, 6) is -0.279. The largest absolute Gasteiger partial charge is 0.294 e. The Kier molecular flexibility index (Phi) is 5.58. The van der Waals surface area contributed by atoms with Crippen molar-refractivity contribution in [2.24, 2.45) is 4.99 Å². The van der Waals surface area contributed by atoms with E-state index < -0.39 is 0 Å². The normalized spacial score (nSPS) is 13.7. The number of Topliss-reactive ketones (excluding diaryl/α,β-unsaturated/α-hetero) is 1. The molecule has 1 aliphatic heterocycles. The van der Waals surface area contributed by atoms with Crippen LogP contribution in [-0.4, -0.2) is 30.5 Å². The van der Waals surface area contributed by atoms with Crippen LogP contribution in [0.5, 0.6) is 0 Å². The number of carbonyl (C=O) groups is 2. The molecule has 0 fully saturated rings. The van der Waals surface area contributed by atoms with E-state index in [4.69, 9.17) is 11.6 Å². The van der Waals surface area contributed by atoms with E-state index in [2.05, 4.69) is 4.99 Å². The molecule has 1 aromatic heterocycles. The Morgan fingerprint density at radius 2 is 1.87 bits per heavy atom. The molecule has 1 aliphatic rings. The number of fused-ring (bicyclic) bond motifs is 1. The second-order valence-corrected chi connectivity index (χ2v) is 9.05. The fraction of sp³-hybridized carbons (Fsp3) is 0.208. The van der Waals surface area contributed by atoms with Gasteiger partial charge in [-0.05, 0) is 38.5 Å². The minimum Gasteiger partial charge on any atom is -0.294 e. The molecule has 0 bridgehead atoms. The van der Waals surface area contributed by atoms with Crippen LogP contribution in [0.15, 0.2) is 53.5 Å². The van der Waals surface area contributed by atoms with Gasteiger partial charge in [0.1, 0.15) is 11.5 Å².